The van der Waals surface area contributed by atoms with Crippen LogP contribution in [0.25, 0.3) is 0 Å². The summed E-state index contributed by atoms with van der Waals surface area (Å²) in [6, 6.07) is 0. The Hall–Kier alpha value is -1.04. The second-order valence-corrected chi connectivity index (χ2v) is 5.63. The number of hydrogen-bond acceptors (Lipinski definition) is 5. The van der Waals surface area contributed by atoms with E-state index in [9.17, 15) is 19.4 Å². The molecule has 0 bridgehead atoms. The normalized spacial score (nSPS) is 13.3. The molecule has 0 fully saturated rings. The van der Waals surface area contributed by atoms with E-state index in [1.165, 1.54) is 0 Å². The summed E-state index contributed by atoms with van der Waals surface area (Å²) in [5.74, 6) is -4.12. The molecule has 0 aliphatic rings. The van der Waals surface area contributed by atoms with Crippen LogP contribution in [0.3, 0.4) is 0 Å². The van der Waals surface area contributed by atoms with E-state index >= 15 is 0 Å². The van der Waals surface area contributed by atoms with E-state index in [2.05, 4.69) is 0 Å². The third-order valence-corrected chi connectivity index (χ3v) is 3.81. The lowest BCUT2D eigenvalue weighted by Crippen LogP contribution is -2.24. The lowest BCUT2D eigenvalue weighted by molar-refractivity contribution is -0.147. The Balaban J connectivity index is 4.61. The van der Waals surface area contributed by atoms with Crippen LogP contribution in [-0.2, 0) is 9.59 Å². The third kappa shape index (κ3) is 4.83. The van der Waals surface area contributed by atoms with Crippen molar-refractivity contribution in [2.75, 3.05) is 6.16 Å². The van der Waals surface area contributed by atoms with E-state index in [0.29, 0.717) is 0 Å². The molecular weight excluding hydrogens is 225 g/mol. The van der Waals surface area contributed by atoms with Crippen LogP contribution in [0.2, 0.25) is 0 Å². The van der Waals surface area contributed by atoms with Gasteiger partial charge in [-0.3, -0.25) is 15.0 Å². The van der Waals surface area contributed by atoms with Gasteiger partial charge in [0.25, 0.3) is 0 Å². The van der Waals surface area contributed by atoms with Gasteiger partial charge < -0.3 is 10.2 Å². The summed E-state index contributed by atoms with van der Waals surface area (Å²) in [6.07, 6.45) is -1.30. The molecule has 15 heavy (non-hydrogen) atoms. The Morgan fingerprint density at radius 1 is 1.33 bits per heavy atom. The molecule has 0 heterocycles. The minimum absolute atomic E-state index is 0.417. The SMILES string of the molecule is CC(=N)[P+](O)(O)CC(CC(=O)O)C(=O)O. The monoisotopic (exact) mass is 238 g/mol. The van der Waals surface area contributed by atoms with Crippen LogP contribution < -0.4 is 0 Å². The van der Waals surface area contributed by atoms with Gasteiger partial charge in [0.1, 0.15) is 12.1 Å². The Kier molecular flexibility index (Phi) is 4.80. The number of carbonyl (C=O) groups is 2. The zero-order chi connectivity index (χ0) is 12.2. The van der Waals surface area contributed by atoms with Gasteiger partial charge in [-0.2, -0.15) is 0 Å². The summed E-state index contributed by atoms with van der Waals surface area (Å²) in [7, 11) is -3.74. The molecule has 0 saturated heterocycles. The lowest BCUT2D eigenvalue weighted by atomic mass is 10.1. The van der Waals surface area contributed by atoms with Crippen molar-refractivity contribution < 1.29 is 29.6 Å². The van der Waals surface area contributed by atoms with Gasteiger partial charge in [0.05, 0.1) is 6.42 Å². The number of aliphatic carboxylic acids is 2. The first-order valence-electron chi connectivity index (χ1n) is 4.00. The molecule has 0 aliphatic heterocycles. The van der Waals surface area contributed by atoms with Crippen LogP contribution in [0.4, 0.5) is 0 Å². The highest BCUT2D eigenvalue weighted by molar-refractivity contribution is 7.81. The maximum Gasteiger partial charge on any atom is 0.314 e. The van der Waals surface area contributed by atoms with Crippen LogP contribution in [0.5, 0.6) is 0 Å². The second-order valence-electron chi connectivity index (χ2n) is 3.13. The molecule has 0 radical (unpaired) electrons. The topological polar surface area (TPSA) is 139 Å². The van der Waals surface area contributed by atoms with Crippen LogP contribution in [0, 0.1) is 11.3 Å². The van der Waals surface area contributed by atoms with Crippen LogP contribution in [0.15, 0.2) is 0 Å². The van der Waals surface area contributed by atoms with Crippen molar-refractivity contribution in [1.82, 2.24) is 0 Å². The molecule has 0 aromatic heterocycles. The predicted octanol–water partition coefficient (Wildman–Crippen LogP) is -0.00873. The van der Waals surface area contributed by atoms with E-state index in [-0.39, 0.29) is 0 Å². The van der Waals surface area contributed by atoms with Crippen molar-refractivity contribution >= 4 is 25.1 Å². The first-order valence-corrected chi connectivity index (χ1v) is 5.88. The Labute approximate surface area is 86.4 Å². The number of nitrogens with one attached hydrogen (secondary N) is 1. The Bertz CT molecular complexity index is 289. The quantitative estimate of drug-likeness (QED) is 0.326. The largest absolute Gasteiger partial charge is 0.481 e. The minimum Gasteiger partial charge on any atom is -0.481 e. The fourth-order valence-electron chi connectivity index (χ4n) is 0.885. The summed E-state index contributed by atoms with van der Waals surface area (Å²) in [4.78, 5) is 39.5. The summed E-state index contributed by atoms with van der Waals surface area (Å²) in [6.45, 7) is 1.15. The van der Waals surface area contributed by atoms with Gasteiger partial charge in [-0.25, -0.2) is 9.79 Å². The number of carboxylic acids is 2. The zero-order valence-electron chi connectivity index (χ0n) is 8.04. The van der Waals surface area contributed by atoms with Crippen LogP contribution in [-0.4, -0.2) is 43.6 Å². The van der Waals surface area contributed by atoms with E-state index in [0.717, 1.165) is 6.92 Å². The highest BCUT2D eigenvalue weighted by Gasteiger charge is 2.43. The molecule has 5 N–H and O–H groups in total. The standard InChI is InChI=1S/C7H12NO6P/c1-4(8)15(13,14)3-5(7(11)12)2-6(9)10/h5,8,13-14H,2-3H2,1H3,(H-,9,10,11,12)/p+1. The van der Waals surface area contributed by atoms with Crippen LogP contribution >= 0.6 is 7.72 Å². The molecule has 0 saturated carbocycles. The van der Waals surface area contributed by atoms with Crippen molar-refractivity contribution in [2.24, 2.45) is 5.92 Å². The molecule has 0 aromatic rings. The number of hydrogen-bond donors (Lipinski definition) is 5. The smallest absolute Gasteiger partial charge is 0.314 e. The molecule has 0 amide bonds. The molecule has 8 heteroatoms. The Morgan fingerprint density at radius 3 is 2.07 bits per heavy atom. The van der Waals surface area contributed by atoms with Gasteiger partial charge >= 0.3 is 19.7 Å². The Morgan fingerprint density at radius 2 is 1.80 bits per heavy atom. The van der Waals surface area contributed by atoms with E-state index < -0.39 is 43.6 Å². The van der Waals surface area contributed by atoms with Crippen molar-refractivity contribution in [2.45, 2.75) is 13.3 Å². The molecule has 0 spiro atoms. The second kappa shape index (κ2) is 5.16. The van der Waals surface area contributed by atoms with Crippen LogP contribution in [0.1, 0.15) is 13.3 Å². The maximum atomic E-state index is 10.6. The zero-order valence-corrected chi connectivity index (χ0v) is 8.94. The average molecular weight is 238 g/mol. The molecular formula is C7H13NO6P+. The average Bonchev–Trinajstić information content (AvgIpc) is 2.01. The minimum atomic E-state index is -3.74. The molecule has 86 valence electrons. The predicted molar refractivity (Wildman–Crippen MR) is 53.0 cm³/mol. The first kappa shape index (κ1) is 14.0. The van der Waals surface area contributed by atoms with Gasteiger partial charge in [-0.1, -0.05) is 0 Å². The molecule has 1 unspecified atom stereocenters. The molecule has 0 aromatic carbocycles. The van der Waals surface area contributed by atoms with Crippen molar-refractivity contribution in [3.8, 4) is 0 Å². The fourth-order valence-corrected chi connectivity index (χ4v) is 2.06. The van der Waals surface area contributed by atoms with Gasteiger partial charge in [0.2, 0.25) is 5.45 Å². The van der Waals surface area contributed by atoms with E-state index in [1.54, 1.807) is 0 Å². The van der Waals surface area contributed by atoms with Gasteiger partial charge in [-0.15, -0.1) is 0 Å². The number of carboxylic acid groups (broad SMARTS) is 2. The first-order chi connectivity index (χ1) is 6.66. The summed E-state index contributed by atoms with van der Waals surface area (Å²) in [5, 5.41) is 24.1. The molecule has 1 atom stereocenters. The van der Waals surface area contributed by atoms with Crippen molar-refractivity contribution in [3.05, 3.63) is 0 Å². The fraction of sp³-hybridized carbons (Fsp3) is 0.571. The molecule has 0 aliphatic carbocycles. The molecule has 0 rings (SSSR count). The van der Waals surface area contributed by atoms with Gasteiger partial charge in [-0.05, 0) is 0 Å². The maximum absolute atomic E-state index is 10.6. The summed E-state index contributed by atoms with van der Waals surface area (Å²) < 4.78 is 0. The van der Waals surface area contributed by atoms with E-state index in [1.807, 2.05) is 0 Å². The highest BCUT2D eigenvalue weighted by atomic mass is 31.2. The molecule has 7 nitrogen and oxygen atoms in total. The summed E-state index contributed by atoms with van der Waals surface area (Å²) >= 11 is 0. The third-order valence-electron chi connectivity index (χ3n) is 1.78. The van der Waals surface area contributed by atoms with Gasteiger partial charge in [0.15, 0.2) is 0 Å². The lowest BCUT2D eigenvalue weighted by Gasteiger charge is -2.14. The number of rotatable bonds is 6. The summed E-state index contributed by atoms with van der Waals surface area (Å²) in [5.41, 5.74) is -0.417. The van der Waals surface area contributed by atoms with Crippen molar-refractivity contribution in [1.29, 1.82) is 5.41 Å². The highest BCUT2D eigenvalue weighted by Crippen LogP contribution is 2.52. The van der Waals surface area contributed by atoms with E-state index in [4.69, 9.17) is 15.6 Å². The van der Waals surface area contributed by atoms with Gasteiger partial charge in [0, 0.05) is 6.92 Å². The van der Waals surface area contributed by atoms with Crippen molar-refractivity contribution in [3.63, 3.8) is 0 Å².